The fourth-order valence-electron chi connectivity index (χ4n) is 3.77. The molecule has 3 heterocycles. The van der Waals surface area contributed by atoms with Crippen LogP contribution in [0.25, 0.3) is 5.57 Å². The fraction of sp³-hybridized carbons (Fsp3) is 0.333. The Balaban J connectivity index is 1.43. The molecule has 0 amide bonds. The lowest BCUT2D eigenvalue weighted by Crippen LogP contribution is -2.40. The number of hydrogen-bond acceptors (Lipinski definition) is 7. The molecule has 0 aliphatic carbocycles. The summed E-state index contributed by atoms with van der Waals surface area (Å²) in [7, 11) is 0. The lowest BCUT2D eigenvalue weighted by atomic mass is 9.97. The number of hydrogen-bond donors (Lipinski definition) is 1. The highest BCUT2D eigenvalue weighted by Crippen LogP contribution is 2.25. The monoisotopic (exact) mass is 505 g/mol. The van der Waals surface area contributed by atoms with E-state index in [1.54, 1.807) is 36.1 Å². The molecular formula is C24H23F4N5O3. The van der Waals surface area contributed by atoms with Crippen molar-refractivity contribution in [1.29, 1.82) is 0 Å². The number of anilines is 1. The van der Waals surface area contributed by atoms with E-state index in [9.17, 15) is 27.5 Å². The van der Waals surface area contributed by atoms with Crippen molar-refractivity contribution >= 4 is 11.5 Å². The summed E-state index contributed by atoms with van der Waals surface area (Å²) < 4.78 is 55.7. The number of benzene rings is 1. The largest absolute Gasteiger partial charge is 0.411 e. The smallest absolute Gasteiger partial charge is 0.387 e. The van der Waals surface area contributed by atoms with Crippen molar-refractivity contribution in [2.45, 2.75) is 32.4 Å². The number of halogens is 4. The molecule has 0 fully saturated rings. The van der Waals surface area contributed by atoms with Gasteiger partial charge in [-0.05, 0) is 41.8 Å². The molecule has 1 aromatic carbocycles. The van der Waals surface area contributed by atoms with Gasteiger partial charge in [-0.25, -0.2) is 9.18 Å². The summed E-state index contributed by atoms with van der Waals surface area (Å²) in [6.07, 6.45) is -2.04. The Morgan fingerprint density at radius 3 is 2.50 bits per heavy atom. The first-order valence-electron chi connectivity index (χ1n) is 11.0. The van der Waals surface area contributed by atoms with Crippen LogP contribution in [0.2, 0.25) is 0 Å². The second kappa shape index (κ2) is 10.5. The van der Waals surface area contributed by atoms with Gasteiger partial charge < -0.3 is 14.7 Å². The van der Waals surface area contributed by atoms with E-state index in [2.05, 4.69) is 19.7 Å². The number of β-amino-alcohol motifs (C(OH)–C–C–N with tert-alkyl or cyclic N) is 1. The molecule has 190 valence electrons. The molecule has 8 nitrogen and oxygen atoms in total. The number of aryl methyl sites for hydroxylation is 1. The molecule has 0 saturated carbocycles. The Bertz CT molecular complexity index is 1290. The predicted molar refractivity (Wildman–Crippen MR) is 123 cm³/mol. The van der Waals surface area contributed by atoms with Gasteiger partial charge >= 0.3 is 11.9 Å². The van der Waals surface area contributed by atoms with Gasteiger partial charge in [-0.15, -0.1) is 0 Å². The van der Waals surface area contributed by atoms with Crippen LogP contribution < -0.4 is 10.6 Å². The van der Waals surface area contributed by atoms with Gasteiger partial charge in [0, 0.05) is 12.7 Å². The average Bonchev–Trinajstić information content (AvgIpc) is 2.82. The van der Waals surface area contributed by atoms with Gasteiger partial charge in [0.05, 0.1) is 31.5 Å². The summed E-state index contributed by atoms with van der Waals surface area (Å²) in [6.45, 7) is 0.655. The third-order valence-electron chi connectivity index (χ3n) is 5.57. The molecule has 1 aliphatic rings. The van der Waals surface area contributed by atoms with Crippen molar-refractivity contribution < 1.29 is 27.4 Å². The first-order chi connectivity index (χ1) is 17.1. The maximum atomic E-state index is 13.2. The van der Waals surface area contributed by atoms with Gasteiger partial charge in [-0.3, -0.25) is 9.55 Å². The molecule has 12 heteroatoms. The third-order valence-corrected chi connectivity index (χ3v) is 5.57. The SMILES string of the molecule is Cc1nc(N2CC=C(c3ccc(F)cc3)[C@@H](O)C2)nc(=O)n1Cc1ccc(COCC(F)(F)F)nc1. The van der Waals surface area contributed by atoms with E-state index in [-0.39, 0.29) is 31.5 Å². The molecule has 36 heavy (non-hydrogen) atoms. The molecule has 0 spiro atoms. The maximum Gasteiger partial charge on any atom is 0.411 e. The molecule has 4 rings (SSSR count). The minimum Gasteiger partial charge on any atom is -0.387 e. The Kier molecular flexibility index (Phi) is 7.45. The molecular weight excluding hydrogens is 482 g/mol. The minimum atomic E-state index is -4.40. The van der Waals surface area contributed by atoms with Gasteiger partial charge in [0.2, 0.25) is 5.95 Å². The van der Waals surface area contributed by atoms with E-state index < -0.39 is 24.6 Å². The van der Waals surface area contributed by atoms with E-state index in [4.69, 9.17) is 0 Å². The van der Waals surface area contributed by atoms with Gasteiger partial charge in [0.1, 0.15) is 18.2 Å². The third kappa shape index (κ3) is 6.32. The van der Waals surface area contributed by atoms with E-state index in [0.29, 0.717) is 34.8 Å². The zero-order valence-electron chi connectivity index (χ0n) is 19.2. The molecule has 0 radical (unpaired) electrons. The molecule has 2 aromatic heterocycles. The van der Waals surface area contributed by atoms with Crippen LogP contribution in [0.3, 0.4) is 0 Å². The zero-order chi connectivity index (χ0) is 25.9. The van der Waals surface area contributed by atoms with Gasteiger partial charge in [0.15, 0.2) is 0 Å². The summed E-state index contributed by atoms with van der Waals surface area (Å²) in [5.74, 6) is 0.209. The maximum absolute atomic E-state index is 13.2. The van der Waals surface area contributed by atoms with Crippen molar-refractivity contribution in [1.82, 2.24) is 19.5 Å². The van der Waals surface area contributed by atoms with Crippen LogP contribution in [-0.2, 0) is 17.9 Å². The van der Waals surface area contributed by atoms with Gasteiger partial charge in [-0.2, -0.15) is 23.1 Å². The first kappa shape index (κ1) is 25.5. The summed E-state index contributed by atoms with van der Waals surface area (Å²) in [6, 6.07) is 9.01. The summed E-state index contributed by atoms with van der Waals surface area (Å²) in [4.78, 5) is 27.0. The zero-order valence-corrected chi connectivity index (χ0v) is 19.2. The highest BCUT2D eigenvalue weighted by atomic mass is 19.4. The molecule has 0 unspecified atom stereocenters. The van der Waals surface area contributed by atoms with Crippen molar-refractivity contribution in [2.75, 3.05) is 24.6 Å². The highest BCUT2D eigenvalue weighted by Gasteiger charge is 2.27. The molecule has 1 atom stereocenters. The lowest BCUT2D eigenvalue weighted by Gasteiger charge is -2.30. The molecule has 1 N–H and O–H groups in total. The topological polar surface area (TPSA) is 93.4 Å². The molecule has 0 saturated heterocycles. The van der Waals surface area contributed by atoms with Crippen LogP contribution in [0, 0.1) is 12.7 Å². The number of alkyl halides is 3. The molecule has 3 aromatic rings. The summed E-state index contributed by atoms with van der Waals surface area (Å²) >= 11 is 0. The quantitative estimate of drug-likeness (QED) is 0.494. The number of aliphatic hydroxyl groups excluding tert-OH is 1. The second-order valence-electron chi connectivity index (χ2n) is 8.29. The number of aliphatic hydroxyl groups is 1. The number of aromatic nitrogens is 4. The Morgan fingerprint density at radius 2 is 1.89 bits per heavy atom. The van der Waals surface area contributed by atoms with E-state index >= 15 is 0 Å². The summed E-state index contributed by atoms with van der Waals surface area (Å²) in [5.41, 5.74) is 1.79. The number of nitrogens with zero attached hydrogens (tertiary/aromatic N) is 5. The van der Waals surface area contributed by atoms with Crippen LogP contribution in [0.5, 0.6) is 0 Å². The second-order valence-corrected chi connectivity index (χ2v) is 8.29. The predicted octanol–water partition coefficient (Wildman–Crippen LogP) is 2.87. The van der Waals surface area contributed by atoms with Crippen LogP contribution in [-0.4, -0.2) is 56.6 Å². The van der Waals surface area contributed by atoms with Crippen LogP contribution >= 0.6 is 0 Å². The normalized spacial score (nSPS) is 16.2. The number of ether oxygens (including phenoxy) is 1. The van der Waals surface area contributed by atoms with Crippen LogP contribution in [0.15, 0.2) is 53.5 Å². The number of pyridine rings is 1. The van der Waals surface area contributed by atoms with Crippen molar-refractivity contribution in [3.05, 3.63) is 87.6 Å². The van der Waals surface area contributed by atoms with E-state index in [0.717, 1.165) is 0 Å². The van der Waals surface area contributed by atoms with Gasteiger partial charge in [-0.1, -0.05) is 24.3 Å². The summed E-state index contributed by atoms with van der Waals surface area (Å²) in [5, 5.41) is 10.6. The first-order valence-corrected chi connectivity index (χ1v) is 11.0. The Labute approximate surface area is 203 Å². The van der Waals surface area contributed by atoms with Crippen LogP contribution in [0.1, 0.15) is 22.6 Å². The standard InChI is InChI=1S/C24H23F4N5O3/c1-15-30-22(32-9-8-20(21(34)12-32)17-3-5-18(25)6-4-17)31-23(35)33(15)11-16-2-7-19(29-10-16)13-36-14-24(26,27)28/h2-8,10,21,34H,9,11-14H2,1H3/t21-/m0/s1. The van der Waals surface area contributed by atoms with Crippen LogP contribution in [0.4, 0.5) is 23.5 Å². The highest BCUT2D eigenvalue weighted by molar-refractivity contribution is 5.71. The molecule has 0 bridgehead atoms. The van der Waals surface area contributed by atoms with Crippen molar-refractivity contribution in [3.8, 4) is 0 Å². The fourth-order valence-corrected chi connectivity index (χ4v) is 3.77. The van der Waals surface area contributed by atoms with Crippen molar-refractivity contribution in [3.63, 3.8) is 0 Å². The lowest BCUT2D eigenvalue weighted by molar-refractivity contribution is -0.176. The Hall–Kier alpha value is -3.64. The van der Waals surface area contributed by atoms with Crippen molar-refractivity contribution in [2.24, 2.45) is 0 Å². The van der Waals surface area contributed by atoms with E-state index in [1.807, 2.05) is 0 Å². The average molecular weight is 505 g/mol. The van der Waals surface area contributed by atoms with E-state index in [1.165, 1.54) is 29.0 Å². The minimum absolute atomic E-state index is 0.124. The van der Waals surface area contributed by atoms with Gasteiger partial charge in [0.25, 0.3) is 0 Å². The number of rotatable bonds is 7. The molecule has 1 aliphatic heterocycles. The Morgan fingerprint density at radius 1 is 1.14 bits per heavy atom.